The predicted molar refractivity (Wildman–Crippen MR) is 135 cm³/mol. The van der Waals surface area contributed by atoms with Crippen LogP contribution in [0.5, 0.6) is 5.75 Å². The fraction of sp³-hybridized carbons (Fsp3) is 0.280. The molecule has 1 aliphatic rings. The van der Waals surface area contributed by atoms with Gasteiger partial charge >= 0.3 is 0 Å². The Morgan fingerprint density at radius 2 is 2.00 bits per heavy atom. The minimum Gasteiger partial charge on any atom is -0.494 e. The van der Waals surface area contributed by atoms with Gasteiger partial charge in [-0.25, -0.2) is 14.4 Å². The van der Waals surface area contributed by atoms with Gasteiger partial charge in [-0.15, -0.1) is 11.3 Å². The van der Waals surface area contributed by atoms with E-state index < -0.39 is 0 Å². The molecular formula is C25H25ClFN5OS. The van der Waals surface area contributed by atoms with Crippen LogP contribution < -0.4 is 10.1 Å². The van der Waals surface area contributed by atoms with Gasteiger partial charge in [0.2, 0.25) is 0 Å². The molecule has 34 heavy (non-hydrogen) atoms. The molecule has 0 fully saturated rings. The zero-order chi connectivity index (χ0) is 23.8. The summed E-state index contributed by atoms with van der Waals surface area (Å²) in [5.41, 5.74) is 3.89. The minimum absolute atomic E-state index is 0.131. The Morgan fingerprint density at radius 1 is 1.21 bits per heavy atom. The number of hydrogen-bond donors (Lipinski definition) is 1. The summed E-state index contributed by atoms with van der Waals surface area (Å²) in [5, 5.41) is 4.70. The van der Waals surface area contributed by atoms with Crippen LogP contribution in [0.1, 0.15) is 28.5 Å². The van der Waals surface area contributed by atoms with Gasteiger partial charge in [-0.1, -0.05) is 23.7 Å². The number of methoxy groups -OCH3 is 1. The third-order valence-corrected chi connectivity index (χ3v) is 7.45. The molecule has 0 amide bonds. The van der Waals surface area contributed by atoms with E-state index in [1.807, 2.05) is 34.9 Å². The molecule has 1 N–H and O–H groups in total. The Bertz CT molecular complexity index is 1300. The van der Waals surface area contributed by atoms with Crippen molar-refractivity contribution in [3.63, 3.8) is 0 Å². The van der Waals surface area contributed by atoms with Gasteiger partial charge in [0.1, 0.15) is 23.0 Å². The number of rotatable bonds is 6. The van der Waals surface area contributed by atoms with Crippen molar-refractivity contribution in [3.05, 3.63) is 82.1 Å². The van der Waals surface area contributed by atoms with Crippen molar-refractivity contribution in [2.75, 3.05) is 26.5 Å². The lowest BCUT2D eigenvalue weighted by Gasteiger charge is -2.32. The van der Waals surface area contributed by atoms with Gasteiger partial charge in [0, 0.05) is 34.8 Å². The predicted octanol–water partition coefficient (Wildman–Crippen LogP) is 5.88. The second-order valence-electron chi connectivity index (χ2n) is 8.60. The molecule has 9 heteroatoms. The number of imidazole rings is 1. The number of likely N-dealkylation sites (N-methyl/N-ethyl adjacent to an activating group) is 1. The van der Waals surface area contributed by atoms with Gasteiger partial charge in [0.15, 0.2) is 5.13 Å². The standard InChI is InChI=1S/C25H25ClFN5OS/c1-31(2)18-11-19(15-4-6-16(27)7-5-15)24-22(12-18)34-25(30-24)29-17-8-9-20(21(10-17)33-3)32-13-23(26)28-14-32/h4-10,13-14,18-19H,11-12H2,1-3H3,(H,29,30). The van der Waals surface area contributed by atoms with Gasteiger partial charge in [-0.2, -0.15) is 0 Å². The molecule has 2 aromatic carbocycles. The van der Waals surface area contributed by atoms with Crippen LogP contribution in [0.3, 0.4) is 0 Å². The van der Waals surface area contributed by atoms with Crippen LogP contribution >= 0.6 is 22.9 Å². The third-order valence-electron chi connectivity index (χ3n) is 6.25. The molecule has 2 heterocycles. The van der Waals surface area contributed by atoms with Crippen molar-refractivity contribution in [2.24, 2.45) is 0 Å². The summed E-state index contributed by atoms with van der Waals surface area (Å²) in [6, 6.07) is 13.1. The maximum absolute atomic E-state index is 13.5. The first-order valence-electron chi connectivity index (χ1n) is 11.0. The summed E-state index contributed by atoms with van der Waals surface area (Å²) < 4.78 is 21.0. The average Bonchev–Trinajstić information content (AvgIpc) is 3.44. The number of anilines is 2. The van der Waals surface area contributed by atoms with Crippen molar-refractivity contribution in [2.45, 2.75) is 24.8 Å². The molecule has 5 rings (SSSR count). The highest BCUT2D eigenvalue weighted by atomic mass is 35.5. The van der Waals surface area contributed by atoms with Crippen LogP contribution in [-0.4, -0.2) is 46.7 Å². The first kappa shape index (κ1) is 22.8. The minimum atomic E-state index is -0.222. The lowest BCUT2D eigenvalue weighted by molar-refractivity contribution is 0.259. The molecule has 0 radical (unpaired) electrons. The highest BCUT2D eigenvalue weighted by molar-refractivity contribution is 7.15. The fourth-order valence-electron chi connectivity index (χ4n) is 4.42. The second kappa shape index (κ2) is 9.37. The lowest BCUT2D eigenvalue weighted by Crippen LogP contribution is -2.35. The van der Waals surface area contributed by atoms with Crippen molar-refractivity contribution < 1.29 is 9.13 Å². The Balaban J connectivity index is 1.45. The third kappa shape index (κ3) is 4.53. The number of thiazole rings is 1. The summed E-state index contributed by atoms with van der Waals surface area (Å²) in [7, 11) is 5.86. The van der Waals surface area contributed by atoms with Gasteiger partial charge < -0.3 is 19.5 Å². The number of nitrogens with one attached hydrogen (secondary N) is 1. The van der Waals surface area contributed by atoms with E-state index in [0.717, 1.165) is 40.6 Å². The van der Waals surface area contributed by atoms with Crippen LogP contribution in [-0.2, 0) is 6.42 Å². The summed E-state index contributed by atoms with van der Waals surface area (Å²) in [4.78, 5) is 12.6. The molecule has 0 bridgehead atoms. The normalized spacial score (nSPS) is 17.6. The number of halogens is 2. The van der Waals surface area contributed by atoms with Gasteiger partial charge in [-0.05, 0) is 56.8 Å². The first-order chi connectivity index (χ1) is 16.4. The molecule has 1 aliphatic carbocycles. The zero-order valence-corrected chi connectivity index (χ0v) is 20.7. The molecule has 0 saturated carbocycles. The lowest BCUT2D eigenvalue weighted by atomic mass is 9.82. The summed E-state index contributed by atoms with van der Waals surface area (Å²) in [6.07, 6.45) is 5.28. The highest BCUT2D eigenvalue weighted by Gasteiger charge is 2.32. The second-order valence-corrected chi connectivity index (χ2v) is 10.1. The molecule has 2 aromatic heterocycles. The van der Waals surface area contributed by atoms with Crippen molar-refractivity contribution in [1.29, 1.82) is 0 Å². The van der Waals surface area contributed by atoms with E-state index in [1.165, 1.54) is 17.0 Å². The van der Waals surface area contributed by atoms with Crippen molar-refractivity contribution >= 4 is 33.8 Å². The topological polar surface area (TPSA) is 55.2 Å². The molecule has 0 spiro atoms. The highest BCUT2D eigenvalue weighted by Crippen LogP contribution is 2.42. The average molecular weight is 498 g/mol. The molecular weight excluding hydrogens is 473 g/mol. The Labute approximate surface area is 207 Å². The van der Waals surface area contributed by atoms with E-state index in [0.29, 0.717) is 16.9 Å². The van der Waals surface area contributed by atoms with Crippen LogP contribution in [0.15, 0.2) is 55.0 Å². The quantitative estimate of drug-likeness (QED) is 0.360. The number of aromatic nitrogens is 3. The summed E-state index contributed by atoms with van der Waals surface area (Å²) in [5.74, 6) is 0.601. The largest absolute Gasteiger partial charge is 0.494 e. The van der Waals surface area contributed by atoms with Crippen LogP contribution in [0.4, 0.5) is 15.2 Å². The molecule has 0 aliphatic heterocycles. The maximum Gasteiger partial charge on any atom is 0.187 e. The Morgan fingerprint density at radius 3 is 2.68 bits per heavy atom. The molecule has 4 aromatic rings. The van der Waals surface area contributed by atoms with E-state index in [-0.39, 0.29) is 11.7 Å². The first-order valence-corrected chi connectivity index (χ1v) is 12.2. The number of hydrogen-bond acceptors (Lipinski definition) is 6. The fourth-order valence-corrected chi connectivity index (χ4v) is 5.68. The Kier molecular flexibility index (Phi) is 6.29. The molecule has 2 atom stereocenters. The number of fused-ring (bicyclic) bond motifs is 1. The van der Waals surface area contributed by atoms with Crippen LogP contribution in [0, 0.1) is 5.82 Å². The molecule has 2 unspecified atom stereocenters. The number of ether oxygens (including phenoxy) is 1. The Hall–Kier alpha value is -2.94. The van der Waals surface area contributed by atoms with Crippen molar-refractivity contribution in [1.82, 2.24) is 19.4 Å². The smallest absolute Gasteiger partial charge is 0.187 e. The van der Waals surface area contributed by atoms with E-state index in [4.69, 9.17) is 21.3 Å². The SMILES string of the molecule is COc1cc(Nc2nc3c(s2)CC(N(C)C)CC3c2ccc(F)cc2)ccc1-n1cnc(Cl)c1. The van der Waals surface area contributed by atoms with Gasteiger partial charge in [0.25, 0.3) is 0 Å². The van der Waals surface area contributed by atoms with Crippen LogP contribution in [0.25, 0.3) is 5.69 Å². The molecule has 6 nitrogen and oxygen atoms in total. The van der Waals surface area contributed by atoms with Crippen molar-refractivity contribution in [3.8, 4) is 11.4 Å². The van der Waals surface area contributed by atoms with E-state index in [2.05, 4.69) is 29.3 Å². The van der Waals surface area contributed by atoms with Crippen LogP contribution in [0.2, 0.25) is 5.15 Å². The summed E-state index contributed by atoms with van der Waals surface area (Å²) in [6.45, 7) is 0. The summed E-state index contributed by atoms with van der Waals surface area (Å²) >= 11 is 7.65. The van der Waals surface area contributed by atoms with E-state index >= 15 is 0 Å². The zero-order valence-electron chi connectivity index (χ0n) is 19.1. The van der Waals surface area contributed by atoms with E-state index in [9.17, 15) is 4.39 Å². The maximum atomic E-state index is 13.5. The number of benzene rings is 2. The van der Waals surface area contributed by atoms with Gasteiger partial charge in [0.05, 0.1) is 18.5 Å². The number of nitrogens with zero attached hydrogens (tertiary/aromatic N) is 4. The monoisotopic (exact) mass is 497 g/mol. The van der Waals surface area contributed by atoms with Gasteiger partial charge in [-0.3, -0.25) is 0 Å². The molecule has 0 saturated heterocycles. The van der Waals surface area contributed by atoms with E-state index in [1.54, 1.807) is 31.0 Å². The molecule has 176 valence electrons.